The lowest BCUT2D eigenvalue weighted by atomic mass is 9.54. The van der Waals surface area contributed by atoms with E-state index >= 15 is 0 Å². The maximum atomic E-state index is 13.9. The Kier molecular flexibility index (Phi) is 4.60. The van der Waals surface area contributed by atoms with E-state index in [0.29, 0.717) is 18.7 Å². The molecule has 3 atom stereocenters. The lowest BCUT2D eigenvalue weighted by Crippen LogP contribution is -2.52. The van der Waals surface area contributed by atoms with Crippen molar-refractivity contribution in [2.24, 2.45) is 17.3 Å². The molecule has 1 aromatic rings. The van der Waals surface area contributed by atoms with Crippen molar-refractivity contribution in [3.8, 4) is 18.2 Å². The molecule has 0 bridgehead atoms. The van der Waals surface area contributed by atoms with E-state index in [1.165, 1.54) is 12.1 Å². The minimum absolute atomic E-state index is 0.202. The predicted octanol–water partition coefficient (Wildman–Crippen LogP) is 2.99. The molecule has 0 aromatic heterocycles. The summed E-state index contributed by atoms with van der Waals surface area (Å²) < 4.78 is 13.9. The zero-order valence-electron chi connectivity index (χ0n) is 14.4. The van der Waals surface area contributed by atoms with E-state index < -0.39 is 23.1 Å². The largest absolute Gasteiger partial charge is 0.305 e. The molecule has 5 nitrogen and oxygen atoms in total. The molecule has 26 heavy (non-hydrogen) atoms. The summed E-state index contributed by atoms with van der Waals surface area (Å²) in [4.78, 5) is 2.16. The normalized spacial score (nSPS) is 27.4. The molecular formula is C20H18FN5. The Balaban J connectivity index is 2.26. The molecule has 3 rings (SSSR count). The second kappa shape index (κ2) is 6.71. The number of hydrogen-bond acceptors (Lipinski definition) is 5. The van der Waals surface area contributed by atoms with Crippen molar-refractivity contribution in [2.45, 2.75) is 12.8 Å². The second-order valence-electron chi connectivity index (χ2n) is 6.70. The smallest absolute Gasteiger partial charge is 0.189 e. The Bertz CT molecular complexity index is 884. The maximum Gasteiger partial charge on any atom is 0.189 e. The van der Waals surface area contributed by atoms with Gasteiger partial charge in [0.1, 0.15) is 11.7 Å². The van der Waals surface area contributed by atoms with Crippen LogP contribution in [0.5, 0.6) is 0 Å². The number of fused-ring (bicyclic) bond motifs is 1. The van der Waals surface area contributed by atoms with Crippen LogP contribution in [0.3, 0.4) is 0 Å². The Morgan fingerprint density at radius 3 is 2.62 bits per heavy atom. The molecule has 0 spiro atoms. The van der Waals surface area contributed by atoms with E-state index in [2.05, 4.69) is 11.0 Å². The molecule has 3 unspecified atom stereocenters. The van der Waals surface area contributed by atoms with Crippen LogP contribution < -0.4 is 0 Å². The van der Waals surface area contributed by atoms with Crippen LogP contribution in [0.2, 0.25) is 0 Å². The number of halogens is 1. The quantitative estimate of drug-likeness (QED) is 0.831. The van der Waals surface area contributed by atoms with Crippen LogP contribution in [0.1, 0.15) is 18.4 Å². The third kappa shape index (κ3) is 2.49. The van der Waals surface area contributed by atoms with Crippen molar-refractivity contribution in [2.75, 3.05) is 19.6 Å². The maximum absolute atomic E-state index is 13.9. The molecule has 1 aliphatic carbocycles. The standard InChI is InChI=1S/C20H18FN5/c1-2-26-7-6-15-16(9-22)19(25)20(11-23,12-24)18(17(15)10-26)13-4-3-5-14(21)8-13/h3-6,8,16-18,25H,2,7,10H2,1H3. The van der Waals surface area contributed by atoms with Crippen LogP contribution in [-0.4, -0.2) is 30.2 Å². The molecular weight excluding hydrogens is 329 g/mol. The Morgan fingerprint density at radius 2 is 2.04 bits per heavy atom. The molecule has 0 saturated heterocycles. The lowest BCUT2D eigenvalue weighted by Gasteiger charge is -2.47. The van der Waals surface area contributed by atoms with E-state index in [1.807, 2.05) is 25.1 Å². The lowest BCUT2D eigenvalue weighted by molar-refractivity contribution is 0.211. The molecule has 130 valence electrons. The molecule has 1 aromatic carbocycles. The number of likely N-dealkylation sites (N-methyl/N-ethyl adjacent to an activating group) is 1. The van der Waals surface area contributed by atoms with Crippen LogP contribution in [0.25, 0.3) is 0 Å². The van der Waals surface area contributed by atoms with Gasteiger partial charge in [-0.05, 0) is 29.8 Å². The second-order valence-corrected chi connectivity index (χ2v) is 6.70. The van der Waals surface area contributed by atoms with E-state index in [1.54, 1.807) is 12.1 Å². The summed E-state index contributed by atoms with van der Waals surface area (Å²) in [6.07, 6.45) is 1.94. The zero-order chi connectivity index (χ0) is 18.9. The van der Waals surface area contributed by atoms with E-state index in [4.69, 9.17) is 5.41 Å². The van der Waals surface area contributed by atoms with Crippen LogP contribution >= 0.6 is 0 Å². The summed E-state index contributed by atoms with van der Waals surface area (Å²) in [5.41, 5.74) is -0.695. The summed E-state index contributed by atoms with van der Waals surface area (Å²) in [5, 5.41) is 37.9. The van der Waals surface area contributed by atoms with Gasteiger partial charge in [-0.25, -0.2) is 4.39 Å². The Labute approximate surface area is 152 Å². The fourth-order valence-corrected chi connectivity index (χ4v) is 4.20. The SMILES string of the molecule is CCN1CC=C2C(C#N)C(=N)C(C#N)(C#N)C(c3cccc(F)c3)C2C1. The van der Waals surface area contributed by atoms with Crippen molar-refractivity contribution in [1.29, 1.82) is 21.2 Å². The summed E-state index contributed by atoms with van der Waals surface area (Å²) in [5.74, 6) is -2.31. The highest BCUT2D eigenvalue weighted by Crippen LogP contribution is 2.53. The molecule has 1 fully saturated rings. The number of rotatable bonds is 2. The highest BCUT2D eigenvalue weighted by Gasteiger charge is 2.57. The first kappa shape index (κ1) is 17.8. The van der Waals surface area contributed by atoms with Gasteiger partial charge in [0, 0.05) is 24.9 Å². The molecule has 1 heterocycles. The van der Waals surface area contributed by atoms with E-state index in [-0.39, 0.29) is 11.6 Å². The predicted molar refractivity (Wildman–Crippen MR) is 93.3 cm³/mol. The third-order valence-electron chi connectivity index (χ3n) is 5.52. The van der Waals surface area contributed by atoms with Crippen LogP contribution in [-0.2, 0) is 0 Å². The van der Waals surface area contributed by atoms with Crippen molar-refractivity contribution >= 4 is 5.71 Å². The van der Waals surface area contributed by atoms with Crippen molar-refractivity contribution < 1.29 is 4.39 Å². The fourth-order valence-electron chi connectivity index (χ4n) is 4.20. The Hall–Kier alpha value is -3.01. The molecule has 6 heteroatoms. The van der Waals surface area contributed by atoms with Gasteiger partial charge in [-0.2, -0.15) is 15.8 Å². The summed E-state index contributed by atoms with van der Waals surface area (Å²) in [6, 6.07) is 12.0. The van der Waals surface area contributed by atoms with Crippen molar-refractivity contribution in [1.82, 2.24) is 4.90 Å². The van der Waals surface area contributed by atoms with Gasteiger partial charge >= 0.3 is 0 Å². The number of nitriles is 3. The molecule has 0 amide bonds. The number of nitrogens with zero attached hydrogens (tertiary/aromatic N) is 4. The van der Waals surface area contributed by atoms with Crippen LogP contribution in [0.4, 0.5) is 4.39 Å². The summed E-state index contributed by atoms with van der Waals surface area (Å²) in [6.45, 7) is 4.04. The van der Waals surface area contributed by atoms with Gasteiger partial charge in [0.2, 0.25) is 0 Å². The first-order valence-electron chi connectivity index (χ1n) is 8.51. The first-order valence-corrected chi connectivity index (χ1v) is 8.51. The van der Waals surface area contributed by atoms with Gasteiger partial charge in [-0.1, -0.05) is 25.1 Å². The van der Waals surface area contributed by atoms with Gasteiger partial charge in [0.15, 0.2) is 5.41 Å². The summed E-state index contributed by atoms with van der Waals surface area (Å²) in [7, 11) is 0. The van der Waals surface area contributed by atoms with Crippen LogP contribution in [0, 0.1) is 62.5 Å². The van der Waals surface area contributed by atoms with Gasteiger partial charge in [0.05, 0.1) is 23.9 Å². The van der Waals surface area contributed by atoms with Crippen molar-refractivity contribution in [3.05, 3.63) is 47.3 Å². The number of benzene rings is 1. The molecule has 2 aliphatic rings. The van der Waals surface area contributed by atoms with Gasteiger partial charge in [-0.15, -0.1) is 0 Å². The zero-order valence-corrected chi connectivity index (χ0v) is 14.4. The van der Waals surface area contributed by atoms with Crippen molar-refractivity contribution in [3.63, 3.8) is 0 Å². The molecule has 1 saturated carbocycles. The van der Waals surface area contributed by atoms with Gasteiger partial charge < -0.3 is 5.41 Å². The molecule has 1 aliphatic heterocycles. The highest BCUT2D eigenvalue weighted by atomic mass is 19.1. The van der Waals surface area contributed by atoms with Gasteiger partial charge in [0.25, 0.3) is 0 Å². The number of nitrogens with one attached hydrogen (secondary N) is 1. The molecule has 1 N–H and O–H groups in total. The average molecular weight is 347 g/mol. The van der Waals surface area contributed by atoms with E-state index in [0.717, 1.165) is 12.1 Å². The monoisotopic (exact) mass is 347 g/mol. The number of hydrogen-bond donors (Lipinski definition) is 1. The molecule has 0 radical (unpaired) electrons. The topological polar surface area (TPSA) is 98.5 Å². The first-order chi connectivity index (χ1) is 12.5. The minimum Gasteiger partial charge on any atom is -0.305 e. The van der Waals surface area contributed by atoms with Gasteiger partial charge in [-0.3, -0.25) is 4.90 Å². The average Bonchev–Trinajstić information content (AvgIpc) is 2.66. The third-order valence-corrected chi connectivity index (χ3v) is 5.52. The highest BCUT2D eigenvalue weighted by molar-refractivity contribution is 6.00. The fraction of sp³-hybridized carbons (Fsp3) is 0.400. The van der Waals surface area contributed by atoms with E-state index in [9.17, 15) is 20.2 Å². The minimum atomic E-state index is -1.78. The Morgan fingerprint density at radius 1 is 1.31 bits per heavy atom. The van der Waals surface area contributed by atoms with Crippen LogP contribution in [0.15, 0.2) is 35.9 Å². The summed E-state index contributed by atoms with van der Waals surface area (Å²) >= 11 is 0.